The summed E-state index contributed by atoms with van der Waals surface area (Å²) in [5, 5.41) is 0. The minimum Gasteiger partial charge on any atom is -0.459 e. The van der Waals surface area contributed by atoms with Crippen molar-refractivity contribution in [1.82, 2.24) is 9.88 Å². The number of rotatable bonds is 5. The Kier molecular flexibility index (Phi) is 5.67. The van der Waals surface area contributed by atoms with Gasteiger partial charge in [0.25, 0.3) is 5.91 Å². The number of nitrogens with one attached hydrogen (secondary N) is 1. The lowest BCUT2D eigenvalue weighted by Crippen LogP contribution is -2.30. The molecule has 1 aromatic carbocycles. The number of amides is 1. The number of carbonyl (C=O) groups is 2. The second-order valence-electron chi connectivity index (χ2n) is 6.58. The first kappa shape index (κ1) is 18.8. The van der Waals surface area contributed by atoms with E-state index in [1.165, 1.54) is 0 Å². The molecule has 1 atom stereocenters. The summed E-state index contributed by atoms with van der Waals surface area (Å²) in [6.45, 7) is 9.13. The SMILES string of the molecule is Cc1[nH]c(C(=O)N(C)[C@@H](C)c2ccccc2)c(C)c1C(=O)OC(C)C. The number of esters is 1. The number of hydrogen-bond acceptors (Lipinski definition) is 3. The molecule has 0 aliphatic heterocycles. The van der Waals surface area contributed by atoms with Crippen molar-refractivity contribution in [3.8, 4) is 0 Å². The van der Waals surface area contributed by atoms with Gasteiger partial charge in [-0.15, -0.1) is 0 Å². The van der Waals surface area contributed by atoms with Crippen molar-refractivity contribution < 1.29 is 14.3 Å². The van der Waals surface area contributed by atoms with Crippen molar-refractivity contribution in [3.05, 3.63) is 58.4 Å². The minimum absolute atomic E-state index is 0.0808. The van der Waals surface area contributed by atoms with E-state index < -0.39 is 5.97 Å². The van der Waals surface area contributed by atoms with Gasteiger partial charge in [-0.2, -0.15) is 0 Å². The third-order valence-electron chi connectivity index (χ3n) is 4.38. The molecule has 0 radical (unpaired) electrons. The van der Waals surface area contributed by atoms with Crippen LogP contribution in [0.2, 0.25) is 0 Å². The molecule has 5 heteroatoms. The zero-order chi connectivity index (χ0) is 18.7. The van der Waals surface area contributed by atoms with Crippen LogP contribution in [0.1, 0.15) is 64.5 Å². The van der Waals surface area contributed by atoms with E-state index in [2.05, 4.69) is 4.98 Å². The maximum Gasteiger partial charge on any atom is 0.340 e. The number of aromatic amines is 1. The molecule has 2 rings (SSSR count). The normalized spacial score (nSPS) is 12.1. The summed E-state index contributed by atoms with van der Waals surface area (Å²) < 4.78 is 5.28. The van der Waals surface area contributed by atoms with Gasteiger partial charge in [-0.1, -0.05) is 30.3 Å². The van der Waals surface area contributed by atoms with E-state index in [1.807, 2.05) is 37.3 Å². The molecule has 0 aliphatic carbocycles. The van der Waals surface area contributed by atoms with Crippen LogP contribution in [0.5, 0.6) is 0 Å². The van der Waals surface area contributed by atoms with Crippen LogP contribution in [0.4, 0.5) is 0 Å². The molecular formula is C20H26N2O3. The zero-order valence-electron chi connectivity index (χ0n) is 15.7. The highest BCUT2D eigenvalue weighted by molar-refractivity contribution is 6.00. The average Bonchev–Trinajstić information content (AvgIpc) is 2.87. The number of aromatic nitrogens is 1. The van der Waals surface area contributed by atoms with E-state index in [4.69, 9.17) is 4.74 Å². The number of hydrogen-bond donors (Lipinski definition) is 1. The topological polar surface area (TPSA) is 62.4 Å². The van der Waals surface area contributed by atoms with E-state index in [0.717, 1.165) is 5.56 Å². The molecule has 1 N–H and O–H groups in total. The Balaban J connectivity index is 2.29. The van der Waals surface area contributed by atoms with Gasteiger partial charge in [0.1, 0.15) is 5.69 Å². The van der Waals surface area contributed by atoms with Crippen LogP contribution in [0, 0.1) is 13.8 Å². The van der Waals surface area contributed by atoms with Gasteiger partial charge in [0, 0.05) is 12.7 Å². The predicted molar refractivity (Wildman–Crippen MR) is 97.8 cm³/mol. The van der Waals surface area contributed by atoms with Crippen LogP contribution < -0.4 is 0 Å². The molecule has 0 aliphatic rings. The third kappa shape index (κ3) is 3.92. The lowest BCUT2D eigenvalue weighted by Gasteiger charge is -2.25. The Bertz CT molecular complexity index is 763. The third-order valence-corrected chi connectivity index (χ3v) is 4.38. The summed E-state index contributed by atoms with van der Waals surface area (Å²) >= 11 is 0. The second kappa shape index (κ2) is 7.55. The van der Waals surface area contributed by atoms with Gasteiger partial charge in [0.05, 0.1) is 17.7 Å². The maximum absolute atomic E-state index is 12.9. The number of H-pyrrole nitrogens is 1. The monoisotopic (exact) mass is 342 g/mol. The van der Waals surface area contributed by atoms with Crippen LogP contribution >= 0.6 is 0 Å². The van der Waals surface area contributed by atoms with Crippen LogP contribution in [0.3, 0.4) is 0 Å². The van der Waals surface area contributed by atoms with E-state index in [1.54, 1.807) is 39.6 Å². The van der Waals surface area contributed by atoms with Crippen molar-refractivity contribution in [2.75, 3.05) is 7.05 Å². The smallest absolute Gasteiger partial charge is 0.340 e. The van der Waals surface area contributed by atoms with Crippen molar-refractivity contribution in [2.45, 2.75) is 46.8 Å². The first-order valence-electron chi connectivity index (χ1n) is 8.46. The van der Waals surface area contributed by atoms with Crippen LogP contribution in [0.15, 0.2) is 30.3 Å². The van der Waals surface area contributed by atoms with Crippen molar-refractivity contribution in [1.29, 1.82) is 0 Å². The van der Waals surface area contributed by atoms with Crippen LogP contribution in [-0.2, 0) is 4.74 Å². The predicted octanol–water partition coefficient (Wildman–Crippen LogP) is 4.03. The summed E-state index contributed by atoms with van der Waals surface area (Å²) in [5.41, 5.74) is 3.20. The molecule has 0 unspecified atom stereocenters. The van der Waals surface area contributed by atoms with Gasteiger partial charge in [-0.3, -0.25) is 4.79 Å². The maximum atomic E-state index is 12.9. The van der Waals surface area contributed by atoms with E-state index in [-0.39, 0.29) is 18.1 Å². The number of carbonyl (C=O) groups excluding carboxylic acids is 2. The van der Waals surface area contributed by atoms with Gasteiger partial charge >= 0.3 is 5.97 Å². The van der Waals surface area contributed by atoms with Gasteiger partial charge in [0.15, 0.2) is 0 Å². The summed E-state index contributed by atoms with van der Waals surface area (Å²) in [5.74, 6) is -0.556. The molecule has 0 fully saturated rings. The zero-order valence-corrected chi connectivity index (χ0v) is 15.7. The lowest BCUT2D eigenvalue weighted by atomic mass is 10.1. The van der Waals surface area contributed by atoms with Crippen LogP contribution in [0.25, 0.3) is 0 Å². The molecule has 0 spiro atoms. The molecule has 1 amide bonds. The molecule has 0 bridgehead atoms. The van der Waals surface area contributed by atoms with Crippen molar-refractivity contribution in [2.24, 2.45) is 0 Å². The lowest BCUT2D eigenvalue weighted by molar-refractivity contribution is 0.0376. The average molecular weight is 342 g/mol. The van der Waals surface area contributed by atoms with Crippen molar-refractivity contribution in [3.63, 3.8) is 0 Å². The van der Waals surface area contributed by atoms with Gasteiger partial charge in [-0.05, 0) is 45.7 Å². The fraction of sp³-hybridized carbons (Fsp3) is 0.400. The summed E-state index contributed by atoms with van der Waals surface area (Å²) in [7, 11) is 1.77. The number of ether oxygens (including phenoxy) is 1. The summed E-state index contributed by atoms with van der Waals surface area (Å²) in [4.78, 5) is 30.0. The fourth-order valence-electron chi connectivity index (χ4n) is 2.85. The van der Waals surface area contributed by atoms with Gasteiger partial charge in [0.2, 0.25) is 0 Å². The highest BCUT2D eigenvalue weighted by atomic mass is 16.5. The summed E-state index contributed by atoms with van der Waals surface area (Å²) in [6.07, 6.45) is -0.207. The Morgan fingerprint density at radius 1 is 1.08 bits per heavy atom. The molecule has 5 nitrogen and oxygen atoms in total. The molecule has 25 heavy (non-hydrogen) atoms. The molecule has 0 saturated heterocycles. The van der Waals surface area contributed by atoms with E-state index in [9.17, 15) is 9.59 Å². The van der Waals surface area contributed by atoms with Gasteiger partial charge in [-0.25, -0.2) is 4.79 Å². The Hall–Kier alpha value is -2.56. The van der Waals surface area contributed by atoms with Gasteiger partial charge < -0.3 is 14.6 Å². The number of aryl methyl sites for hydroxylation is 1. The van der Waals surface area contributed by atoms with E-state index >= 15 is 0 Å². The van der Waals surface area contributed by atoms with E-state index in [0.29, 0.717) is 22.5 Å². The number of nitrogens with zero attached hydrogens (tertiary/aromatic N) is 1. The Labute approximate surface area is 149 Å². The first-order valence-corrected chi connectivity index (χ1v) is 8.46. The Morgan fingerprint density at radius 2 is 1.68 bits per heavy atom. The minimum atomic E-state index is -0.404. The molecule has 1 heterocycles. The molecule has 0 saturated carbocycles. The number of benzene rings is 1. The highest BCUT2D eigenvalue weighted by Crippen LogP contribution is 2.24. The fourth-order valence-corrected chi connectivity index (χ4v) is 2.85. The molecular weight excluding hydrogens is 316 g/mol. The first-order chi connectivity index (χ1) is 11.7. The molecule has 1 aromatic heterocycles. The largest absolute Gasteiger partial charge is 0.459 e. The summed E-state index contributed by atoms with van der Waals surface area (Å²) in [6, 6.07) is 9.76. The molecule has 134 valence electrons. The second-order valence-corrected chi connectivity index (χ2v) is 6.58. The Morgan fingerprint density at radius 3 is 2.24 bits per heavy atom. The standard InChI is InChI=1S/C20H26N2O3/c1-12(2)25-20(24)17-13(3)18(21-14(17)4)19(23)22(6)15(5)16-10-8-7-9-11-16/h7-12,15,21H,1-6H3/t15-/m0/s1. The molecule has 2 aromatic rings. The quantitative estimate of drug-likeness (QED) is 0.835. The van der Waals surface area contributed by atoms with Crippen LogP contribution in [-0.4, -0.2) is 34.9 Å². The highest BCUT2D eigenvalue weighted by Gasteiger charge is 2.27. The van der Waals surface area contributed by atoms with Crippen molar-refractivity contribution >= 4 is 11.9 Å².